The minimum atomic E-state index is 0.0243. The summed E-state index contributed by atoms with van der Waals surface area (Å²) in [5.74, 6) is 0.928. The molecule has 0 saturated carbocycles. The summed E-state index contributed by atoms with van der Waals surface area (Å²) in [7, 11) is 0. The second kappa shape index (κ2) is 5.33. The lowest BCUT2D eigenvalue weighted by Crippen LogP contribution is -2.05. The van der Waals surface area contributed by atoms with Gasteiger partial charge in [0.25, 0.3) is 0 Å². The third-order valence-electron chi connectivity index (χ3n) is 3.41. The Kier molecular flexibility index (Phi) is 3.38. The quantitative estimate of drug-likeness (QED) is 0.620. The van der Waals surface area contributed by atoms with Crippen LogP contribution < -0.4 is 4.74 Å². The zero-order chi connectivity index (χ0) is 13.9. The van der Waals surface area contributed by atoms with E-state index in [-0.39, 0.29) is 11.9 Å². The molecule has 0 spiro atoms. The fraction of sp³-hybridized carbons (Fsp3) is 0.167. The highest BCUT2D eigenvalue weighted by Gasteiger charge is 2.19. The van der Waals surface area contributed by atoms with Crippen LogP contribution in [0.4, 0.5) is 0 Å². The van der Waals surface area contributed by atoms with E-state index in [4.69, 9.17) is 4.74 Å². The van der Waals surface area contributed by atoms with Crippen LogP contribution in [0.15, 0.2) is 54.6 Å². The number of hydrogen-bond acceptors (Lipinski definition) is 2. The maximum absolute atomic E-state index is 12.2. The van der Waals surface area contributed by atoms with Crippen molar-refractivity contribution in [3.8, 4) is 5.75 Å². The Morgan fingerprint density at radius 3 is 2.80 bits per heavy atom. The normalized spacial score (nSPS) is 16.9. The summed E-state index contributed by atoms with van der Waals surface area (Å²) in [4.78, 5) is 12.2. The highest BCUT2D eigenvalue weighted by molar-refractivity contribution is 6.07. The van der Waals surface area contributed by atoms with Gasteiger partial charge in [0.1, 0.15) is 11.9 Å². The molecule has 100 valence electrons. The second-order valence-electron chi connectivity index (χ2n) is 5.06. The summed E-state index contributed by atoms with van der Waals surface area (Å²) in [5, 5.41) is 0. The van der Waals surface area contributed by atoms with Crippen LogP contribution in [0.5, 0.6) is 5.75 Å². The molecule has 0 amide bonds. The largest absolute Gasteiger partial charge is 0.490 e. The lowest BCUT2D eigenvalue weighted by molar-refractivity contribution is 0.104. The van der Waals surface area contributed by atoms with E-state index in [0.29, 0.717) is 5.56 Å². The highest BCUT2D eigenvalue weighted by atomic mass is 16.5. The first-order valence-corrected chi connectivity index (χ1v) is 6.79. The molecule has 0 aliphatic carbocycles. The molecule has 0 radical (unpaired) electrons. The van der Waals surface area contributed by atoms with E-state index in [1.807, 2.05) is 61.5 Å². The molecule has 0 aromatic heterocycles. The lowest BCUT2D eigenvalue weighted by Gasteiger charge is -2.02. The van der Waals surface area contributed by atoms with Gasteiger partial charge in [0.15, 0.2) is 5.78 Å². The van der Waals surface area contributed by atoms with E-state index < -0.39 is 0 Å². The van der Waals surface area contributed by atoms with Crippen LogP contribution in [0.1, 0.15) is 28.4 Å². The standard InChI is InChI=1S/C18H16O2/c1-13-11-16-12-15(8-10-18(16)20-13)17(19)9-7-14-5-3-2-4-6-14/h2-10,12-13H,11H2,1H3/t13-/m1/s1. The predicted octanol–water partition coefficient (Wildman–Crippen LogP) is 3.91. The topological polar surface area (TPSA) is 26.3 Å². The molecule has 20 heavy (non-hydrogen) atoms. The number of ether oxygens (including phenoxy) is 1. The van der Waals surface area contributed by atoms with Gasteiger partial charge in [-0.3, -0.25) is 4.79 Å². The number of fused-ring (bicyclic) bond motifs is 1. The highest BCUT2D eigenvalue weighted by Crippen LogP contribution is 2.29. The van der Waals surface area contributed by atoms with E-state index in [1.165, 1.54) is 0 Å². The number of carbonyl (C=O) groups excluding carboxylic acids is 1. The molecule has 1 heterocycles. The molecule has 0 N–H and O–H groups in total. The molecule has 3 rings (SSSR count). The van der Waals surface area contributed by atoms with Crippen molar-refractivity contribution < 1.29 is 9.53 Å². The number of benzene rings is 2. The molecule has 2 aromatic carbocycles. The average molecular weight is 264 g/mol. The Bertz CT molecular complexity index is 656. The first-order chi connectivity index (χ1) is 9.72. The summed E-state index contributed by atoms with van der Waals surface area (Å²) in [6, 6.07) is 15.5. The zero-order valence-electron chi connectivity index (χ0n) is 11.4. The van der Waals surface area contributed by atoms with Crippen LogP contribution >= 0.6 is 0 Å². The van der Waals surface area contributed by atoms with Crippen LogP contribution in [-0.2, 0) is 6.42 Å². The van der Waals surface area contributed by atoms with E-state index in [9.17, 15) is 4.79 Å². The molecule has 1 aliphatic rings. The molecule has 2 heteroatoms. The first-order valence-electron chi connectivity index (χ1n) is 6.79. The summed E-state index contributed by atoms with van der Waals surface area (Å²) < 4.78 is 5.64. The van der Waals surface area contributed by atoms with Crippen molar-refractivity contribution in [3.05, 3.63) is 71.3 Å². The molecule has 0 bridgehead atoms. The summed E-state index contributed by atoms with van der Waals surface area (Å²) >= 11 is 0. The molecule has 1 aliphatic heterocycles. The van der Waals surface area contributed by atoms with Gasteiger partial charge in [-0.05, 0) is 42.3 Å². The van der Waals surface area contributed by atoms with Crippen molar-refractivity contribution in [1.82, 2.24) is 0 Å². The van der Waals surface area contributed by atoms with Crippen molar-refractivity contribution in [2.75, 3.05) is 0 Å². The van der Waals surface area contributed by atoms with Gasteiger partial charge in [-0.25, -0.2) is 0 Å². The third-order valence-corrected chi connectivity index (χ3v) is 3.41. The van der Waals surface area contributed by atoms with E-state index >= 15 is 0 Å². The van der Waals surface area contributed by atoms with Crippen LogP contribution in [0, 0.1) is 0 Å². The van der Waals surface area contributed by atoms with Crippen molar-refractivity contribution >= 4 is 11.9 Å². The average Bonchev–Trinajstić information content (AvgIpc) is 2.85. The monoisotopic (exact) mass is 264 g/mol. The second-order valence-corrected chi connectivity index (χ2v) is 5.06. The van der Waals surface area contributed by atoms with Crippen LogP contribution in [0.3, 0.4) is 0 Å². The first kappa shape index (κ1) is 12.7. The lowest BCUT2D eigenvalue weighted by atomic mass is 10.0. The van der Waals surface area contributed by atoms with Crippen molar-refractivity contribution in [1.29, 1.82) is 0 Å². The van der Waals surface area contributed by atoms with E-state index in [2.05, 4.69) is 0 Å². The van der Waals surface area contributed by atoms with Crippen LogP contribution in [-0.4, -0.2) is 11.9 Å². The molecule has 1 atom stereocenters. The predicted molar refractivity (Wildman–Crippen MR) is 80.0 cm³/mol. The van der Waals surface area contributed by atoms with Gasteiger partial charge in [-0.2, -0.15) is 0 Å². The number of hydrogen-bond donors (Lipinski definition) is 0. The smallest absolute Gasteiger partial charge is 0.185 e. The van der Waals surface area contributed by atoms with Gasteiger partial charge in [0.2, 0.25) is 0 Å². The maximum atomic E-state index is 12.2. The van der Waals surface area contributed by atoms with Crippen molar-refractivity contribution in [2.45, 2.75) is 19.4 Å². The molecule has 0 saturated heterocycles. The summed E-state index contributed by atoms with van der Waals surface area (Å²) in [6.45, 7) is 2.04. The SMILES string of the molecule is C[C@@H]1Cc2cc(C(=O)C=Cc3ccccc3)ccc2O1. The van der Waals surface area contributed by atoms with Gasteiger partial charge in [-0.15, -0.1) is 0 Å². The van der Waals surface area contributed by atoms with Gasteiger partial charge in [0, 0.05) is 12.0 Å². The molecular formula is C18H16O2. The fourth-order valence-electron chi connectivity index (χ4n) is 2.41. The number of carbonyl (C=O) groups is 1. The Labute approximate surface area is 118 Å². The number of rotatable bonds is 3. The summed E-state index contributed by atoms with van der Waals surface area (Å²) in [6.07, 6.45) is 4.54. The zero-order valence-corrected chi connectivity index (χ0v) is 11.4. The Hall–Kier alpha value is -2.35. The molecule has 2 nitrogen and oxygen atoms in total. The van der Waals surface area contributed by atoms with Gasteiger partial charge < -0.3 is 4.74 Å². The molecule has 0 unspecified atom stereocenters. The van der Waals surface area contributed by atoms with E-state index in [1.54, 1.807) is 6.08 Å². The Morgan fingerprint density at radius 1 is 1.20 bits per heavy atom. The van der Waals surface area contributed by atoms with Gasteiger partial charge in [0.05, 0.1) is 0 Å². The number of ketones is 1. The summed E-state index contributed by atoms with van der Waals surface area (Å²) in [5.41, 5.74) is 2.86. The van der Waals surface area contributed by atoms with Crippen molar-refractivity contribution in [2.24, 2.45) is 0 Å². The van der Waals surface area contributed by atoms with Gasteiger partial charge in [-0.1, -0.05) is 36.4 Å². The minimum Gasteiger partial charge on any atom is -0.490 e. The minimum absolute atomic E-state index is 0.0243. The number of allylic oxidation sites excluding steroid dienone is 1. The van der Waals surface area contributed by atoms with Gasteiger partial charge >= 0.3 is 0 Å². The van der Waals surface area contributed by atoms with Crippen molar-refractivity contribution in [3.63, 3.8) is 0 Å². The van der Waals surface area contributed by atoms with Crippen LogP contribution in [0.25, 0.3) is 6.08 Å². The maximum Gasteiger partial charge on any atom is 0.185 e. The molecular weight excluding hydrogens is 248 g/mol. The Balaban J connectivity index is 1.78. The molecule has 2 aromatic rings. The van der Waals surface area contributed by atoms with E-state index in [0.717, 1.165) is 23.3 Å². The fourth-order valence-corrected chi connectivity index (χ4v) is 2.41. The molecule has 0 fully saturated rings. The third kappa shape index (κ3) is 2.64. The Morgan fingerprint density at radius 2 is 2.00 bits per heavy atom. The van der Waals surface area contributed by atoms with Crippen LogP contribution in [0.2, 0.25) is 0 Å².